The summed E-state index contributed by atoms with van der Waals surface area (Å²) < 4.78 is 50.0. The fraction of sp³-hybridized carbons (Fsp3) is 0.250. The van der Waals surface area contributed by atoms with Crippen LogP contribution >= 0.6 is 11.8 Å². The van der Waals surface area contributed by atoms with Crippen LogP contribution in [0.3, 0.4) is 0 Å². The molecule has 162 valence electrons. The van der Waals surface area contributed by atoms with E-state index < -0.39 is 15.7 Å². The van der Waals surface area contributed by atoms with Gasteiger partial charge in [0.25, 0.3) is 0 Å². The third kappa shape index (κ3) is 4.70. The quantitative estimate of drug-likeness (QED) is 0.459. The molecule has 0 bridgehead atoms. The third-order valence-corrected chi connectivity index (χ3v) is 8.33. The van der Waals surface area contributed by atoms with Gasteiger partial charge in [-0.1, -0.05) is 23.9 Å². The van der Waals surface area contributed by atoms with E-state index in [0.717, 1.165) is 40.3 Å². The van der Waals surface area contributed by atoms with Crippen LogP contribution in [-0.2, 0) is 24.9 Å². The van der Waals surface area contributed by atoms with Gasteiger partial charge in [0.05, 0.1) is 15.4 Å². The summed E-state index contributed by atoms with van der Waals surface area (Å²) >= 11 is 1.56. The number of hydrogen-bond acceptors (Lipinski definition) is 5. The zero-order valence-electron chi connectivity index (χ0n) is 17.1. The average molecular weight is 459 g/mol. The van der Waals surface area contributed by atoms with Crippen LogP contribution < -0.4 is 0 Å². The highest BCUT2D eigenvalue weighted by atomic mass is 32.2. The topological polar surface area (TPSA) is 52.6 Å². The van der Waals surface area contributed by atoms with Gasteiger partial charge in [-0.25, -0.2) is 12.8 Å². The molecule has 1 fully saturated rings. The van der Waals surface area contributed by atoms with Crippen molar-refractivity contribution in [2.24, 2.45) is 0 Å². The van der Waals surface area contributed by atoms with Gasteiger partial charge in [0.1, 0.15) is 5.82 Å². The van der Waals surface area contributed by atoms with Gasteiger partial charge >= 0.3 is 0 Å². The van der Waals surface area contributed by atoms with E-state index in [4.69, 9.17) is 9.47 Å². The number of rotatable bonds is 6. The summed E-state index contributed by atoms with van der Waals surface area (Å²) in [7, 11) is -1.94. The van der Waals surface area contributed by atoms with Crippen molar-refractivity contribution in [3.05, 3.63) is 84.2 Å². The van der Waals surface area contributed by atoms with Gasteiger partial charge in [-0.2, -0.15) is 0 Å². The number of ether oxygens (including phenoxy) is 2. The first-order chi connectivity index (χ1) is 14.9. The van der Waals surface area contributed by atoms with E-state index >= 15 is 0 Å². The minimum atomic E-state index is -3.68. The summed E-state index contributed by atoms with van der Waals surface area (Å²) in [5.41, 5.74) is 0.792. The van der Waals surface area contributed by atoms with Crippen LogP contribution in [0.2, 0.25) is 0 Å². The summed E-state index contributed by atoms with van der Waals surface area (Å²) in [6.45, 7) is 1.35. The molecule has 4 nitrogen and oxygen atoms in total. The van der Waals surface area contributed by atoms with E-state index in [1.807, 2.05) is 12.1 Å². The Balaban J connectivity index is 1.54. The molecule has 0 amide bonds. The molecule has 1 heterocycles. The second-order valence-corrected chi connectivity index (χ2v) is 10.5. The molecule has 0 unspecified atom stereocenters. The van der Waals surface area contributed by atoms with Crippen molar-refractivity contribution in [1.29, 1.82) is 0 Å². The van der Waals surface area contributed by atoms with Gasteiger partial charge in [-0.15, -0.1) is 0 Å². The van der Waals surface area contributed by atoms with Crippen molar-refractivity contribution in [3.63, 3.8) is 0 Å². The molecular weight excluding hydrogens is 435 g/mol. The van der Waals surface area contributed by atoms with Crippen molar-refractivity contribution in [2.45, 2.75) is 38.0 Å². The van der Waals surface area contributed by atoms with Crippen molar-refractivity contribution >= 4 is 21.6 Å². The van der Waals surface area contributed by atoms with Crippen LogP contribution in [0, 0.1) is 5.82 Å². The lowest BCUT2D eigenvalue weighted by molar-refractivity contribution is -0.0948. The molecule has 0 radical (unpaired) electrons. The van der Waals surface area contributed by atoms with Crippen LogP contribution in [0.4, 0.5) is 4.39 Å². The molecule has 0 atom stereocenters. The second kappa shape index (κ2) is 9.12. The molecule has 31 heavy (non-hydrogen) atoms. The maximum absolute atomic E-state index is 13.1. The molecule has 0 spiro atoms. The molecule has 1 aliphatic heterocycles. The smallest absolute Gasteiger partial charge is 0.206 e. The molecule has 0 aromatic heterocycles. The maximum Gasteiger partial charge on any atom is 0.206 e. The fourth-order valence-corrected chi connectivity index (χ4v) is 5.87. The number of methoxy groups -OCH3 is 1. The predicted molar refractivity (Wildman–Crippen MR) is 118 cm³/mol. The Labute approximate surface area is 186 Å². The number of hydrogen-bond donors (Lipinski definition) is 0. The van der Waals surface area contributed by atoms with Crippen molar-refractivity contribution < 1.29 is 22.3 Å². The Morgan fingerprint density at radius 2 is 1.52 bits per heavy atom. The summed E-state index contributed by atoms with van der Waals surface area (Å²) in [6.07, 6.45) is 1.63. The Hall–Kier alpha value is -2.19. The van der Waals surface area contributed by atoms with Crippen molar-refractivity contribution in [3.8, 4) is 0 Å². The van der Waals surface area contributed by atoms with E-state index in [-0.39, 0.29) is 15.4 Å². The molecule has 0 N–H and O–H groups in total. The van der Waals surface area contributed by atoms with Crippen molar-refractivity contribution in [2.75, 3.05) is 20.3 Å². The van der Waals surface area contributed by atoms with Gasteiger partial charge in [-0.3, -0.25) is 0 Å². The molecule has 0 saturated carbocycles. The minimum Gasteiger partial charge on any atom is -0.381 e. The molecule has 1 aliphatic rings. The van der Waals surface area contributed by atoms with Crippen LogP contribution in [0.25, 0.3) is 0 Å². The van der Waals surface area contributed by atoms with Gasteiger partial charge in [0, 0.05) is 43.0 Å². The monoisotopic (exact) mass is 458 g/mol. The standard InChI is InChI=1S/C24H23FO4S2/c1-28-24(13-15-29-16-14-24)18-3-2-4-21(17-18)30-20-7-11-23(12-8-20)31(26,27)22-9-5-19(25)6-10-22/h2-12,17H,13-16H2,1H3. The zero-order valence-corrected chi connectivity index (χ0v) is 18.7. The fourth-order valence-electron chi connectivity index (χ4n) is 3.73. The largest absolute Gasteiger partial charge is 0.381 e. The predicted octanol–water partition coefficient (Wildman–Crippen LogP) is 5.46. The Morgan fingerprint density at radius 1 is 0.903 bits per heavy atom. The van der Waals surface area contributed by atoms with Crippen molar-refractivity contribution in [1.82, 2.24) is 0 Å². The number of halogens is 1. The molecule has 1 saturated heterocycles. The van der Waals surface area contributed by atoms with Crippen LogP contribution in [0.5, 0.6) is 0 Å². The Kier molecular flexibility index (Phi) is 6.48. The summed E-state index contributed by atoms with van der Waals surface area (Å²) in [4.78, 5) is 2.23. The molecule has 3 aromatic rings. The lowest BCUT2D eigenvalue weighted by Crippen LogP contribution is -2.35. The third-order valence-electron chi connectivity index (χ3n) is 5.55. The highest BCUT2D eigenvalue weighted by Gasteiger charge is 2.34. The van der Waals surface area contributed by atoms with Gasteiger partial charge < -0.3 is 9.47 Å². The highest BCUT2D eigenvalue weighted by molar-refractivity contribution is 7.99. The van der Waals surface area contributed by atoms with Crippen LogP contribution in [0.15, 0.2) is 92.4 Å². The first-order valence-electron chi connectivity index (χ1n) is 9.95. The van der Waals surface area contributed by atoms with E-state index in [2.05, 4.69) is 12.1 Å². The number of sulfone groups is 1. The molecular formula is C24H23FO4S2. The van der Waals surface area contributed by atoms with E-state index in [1.54, 1.807) is 43.1 Å². The Bertz CT molecular complexity index is 1140. The van der Waals surface area contributed by atoms with Crippen LogP contribution in [0.1, 0.15) is 18.4 Å². The van der Waals surface area contributed by atoms with Crippen LogP contribution in [-0.4, -0.2) is 28.7 Å². The normalized spacial score (nSPS) is 16.2. The average Bonchev–Trinajstić information content (AvgIpc) is 2.80. The molecule has 0 aliphatic carbocycles. The van der Waals surface area contributed by atoms with E-state index in [0.29, 0.717) is 13.2 Å². The number of benzene rings is 3. The van der Waals surface area contributed by atoms with Gasteiger partial charge in [0.15, 0.2) is 0 Å². The second-order valence-electron chi connectivity index (χ2n) is 7.37. The minimum absolute atomic E-state index is 0.0725. The molecule has 3 aromatic carbocycles. The lowest BCUT2D eigenvalue weighted by Gasteiger charge is -2.36. The Morgan fingerprint density at radius 3 is 2.13 bits per heavy atom. The first-order valence-corrected chi connectivity index (χ1v) is 12.2. The highest BCUT2D eigenvalue weighted by Crippen LogP contribution is 2.38. The SMILES string of the molecule is COC1(c2cccc(Sc3ccc(S(=O)(=O)c4ccc(F)cc4)cc3)c2)CCOCC1. The molecule has 4 rings (SSSR count). The zero-order chi connectivity index (χ0) is 21.9. The summed E-state index contributed by atoms with van der Waals surface area (Å²) in [5.74, 6) is -0.469. The van der Waals surface area contributed by atoms with E-state index in [9.17, 15) is 12.8 Å². The summed E-state index contributed by atoms with van der Waals surface area (Å²) in [6, 6.07) is 19.8. The maximum atomic E-state index is 13.1. The lowest BCUT2D eigenvalue weighted by atomic mass is 9.86. The molecule has 7 heteroatoms. The van der Waals surface area contributed by atoms with Gasteiger partial charge in [-0.05, 0) is 66.2 Å². The first kappa shape index (κ1) is 22.0. The van der Waals surface area contributed by atoms with Gasteiger partial charge in [0.2, 0.25) is 9.84 Å². The van der Waals surface area contributed by atoms with E-state index in [1.165, 1.54) is 12.1 Å². The summed E-state index contributed by atoms with van der Waals surface area (Å²) in [5, 5.41) is 0.